The number of carbonyl (C=O) groups excluding carboxylic acids is 2. The number of para-hydroxylation sites is 1. The van der Waals surface area contributed by atoms with E-state index in [4.69, 9.17) is 0 Å². The molecule has 0 atom stereocenters. The zero-order valence-electron chi connectivity index (χ0n) is 18.5. The van der Waals surface area contributed by atoms with Gasteiger partial charge in [-0.3, -0.25) is 14.5 Å². The molecule has 3 aromatic rings. The van der Waals surface area contributed by atoms with Gasteiger partial charge in [-0.05, 0) is 43.7 Å². The summed E-state index contributed by atoms with van der Waals surface area (Å²) in [6, 6.07) is 17.9. The van der Waals surface area contributed by atoms with Gasteiger partial charge in [-0.25, -0.2) is 4.98 Å². The highest BCUT2D eigenvalue weighted by molar-refractivity contribution is 7.99. The minimum absolute atomic E-state index is 0.0260. The third-order valence-corrected chi connectivity index (χ3v) is 6.57. The highest BCUT2D eigenvalue weighted by Crippen LogP contribution is 2.24. The molecule has 1 N–H and O–H groups in total. The number of pyridine rings is 1. The van der Waals surface area contributed by atoms with Gasteiger partial charge in [0, 0.05) is 37.3 Å². The van der Waals surface area contributed by atoms with Crippen LogP contribution < -0.4 is 5.32 Å². The summed E-state index contributed by atoms with van der Waals surface area (Å²) < 4.78 is 0. The fourth-order valence-electron chi connectivity index (χ4n) is 3.82. The van der Waals surface area contributed by atoms with Gasteiger partial charge in [0.05, 0.1) is 22.8 Å². The quantitative estimate of drug-likeness (QED) is 0.582. The monoisotopic (exact) mass is 448 g/mol. The number of anilines is 1. The van der Waals surface area contributed by atoms with Crippen LogP contribution in [0.4, 0.5) is 5.69 Å². The Morgan fingerprint density at radius 1 is 1.00 bits per heavy atom. The van der Waals surface area contributed by atoms with Crippen molar-refractivity contribution in [3.05, 3.63) is 65.7 Å². The predicted octanol–water partition coefficient (Wildman–Crippen LogP) is 3.73. The third-order valence-electron chi connectivity index (χ3n) is 5.67. The number of thioether (sulfide) groups is 1. The second-order valence-corrected chi connectivity index (χ2v) is 9.15. The lowest BCUT2D eigenvalue weighted by Gasteiger charge is -2.34. The molecule has 1 fully saturated rings. The molecule has 1 aromatic heterocycles. The van der Waals surface area contributed by atoms with Crippen LogP contribution in [0, 0.1) is 13.8 Å². The SMILES string of the molecule is Cc1ccc(NC(=O)CN2CCN(C(=O)CSc3cc(C)c4ccccc4n3)CC2)cc1. The number of nitrogens with one attached hydrogen (secondary N) is 1. The van der Waals surface area contributed by atoms with Gasteiger partial charge in [0.25, 0.3) is 0 Å². The van der Waals surface area contributed by atoms with Crippen molar-refractivity contribution >= 4 is 40.2 Å². The molecule has 6 nitrogen and oxygen atoms in total. The molecule has 0 radical (unpaired) electrons. The standard InChI is InChI=1S/C25H28N4O2S/c1-18-7-9-20(10-8-18)26-23(30)16-28-11-13-29(14-12-28)25(31)17-32-24-15-19(2)21-5-3-4-6-22(21)27-24/h3-10,15H,11-14,16-17H2,1-2H3,(H,26,30). The molecule has 1 saturated heterocycles. The van der Waals surface area contributed by atoms with E-state index in [1.54, 1.807) is 0 Å². The number of benzene rings is 2. The zero-order valence-corrected chi connectivity index (χ0v) is 19.3. The van der Waals surface area contributed by atoms with Gasteiger partial charge in [-0.1, -0.05) is 47.7 Å². The Balaban J connectivity index is 1.23. The van der Waals surface area contributed by atoms with Crippen molar-refractivity contribution in [2.24, 2.45) is 0 Å². The summed E-state index contributed by atoms with van der Waals surface area (Å²) in [4.78, 5) is 33.7. The van der Waals surface area contributed by atoms with Crippen molar-refractivity contribution in [3.63, 3.8) is 0 Å². The number of hydrogen-bond acceptors (Lipinski definition) is 5. The Kier molecular flexibility index (Phi) is 7.07. The van der Waals surface area contributed by atoms with Crippen LogP contribution in [0.1, 0.15) is 11.1 Å². The van der Waals surface area contributed by atoms with Gasteiger partial charge in [0.1, 0.15) is 0 Å². The lowest BCUT2D eigenvalue weighted by Crippen LogP contribution is -2.50. The number of piperazine rings is 1. The van der Waals surface area contributed by atoms with Crippen molar-refractivity contribution < 1.29 is 9.59 Å². The van der Waals surface area contributed by atoms with E-state index in [1.165, 1.54) is 17.3 Å². The number of nitrogens with zero attached hydrogens (tertiary/aromatic N) is 3. The molecule has 2 heterocycles. The van der Waals surface area contributed by atoms with Crippen molar-refractivity contribution in [3.8, 4) is 0 Å². The molecular formula is C25H28N4O2S. The second kappa shape index (κ2) is 10.1. The van der Waals surface area contributed by atoms with Crippen LogP contribution in [0.3, 0.4) is 0 Å². The maximum atomic E-state index is 12.7. The van der Waals surface area contributed by atoms with Gasteiger partial charge >= 0.3 is 0 Å². The van der Waals surface area contributed by atoms with Gasteiger partial charge in [-0.2, -0.15) is 0 Å². The lowest BCUT2D eigenvalue weighted by molar-refractivity contribution is -0.130. The molecule has 0 spiro atoms. The van der Waals surface area contributed by atoms with E-state index in [2.05, 4.69) is 28.2 Å². The first-order valence-corrected chi connectivity index (χ1v) is 11.8. The van der Waals surface area contributed by atoms with E-state index in [0.717, 1.165) is 27.2 Å². The molecular weight excluding hydrogens is 420 g/mol. The van der Waals surface area contributed by atoms with Crippen LogP contribution in [0.2, 0.25) is 0 Å². The number of carbonyl (C=O) groups is 2. The molecule has 7 heteroatoms. The smallest absolute Gasteiger partial charge is 0.238 e. The largest absolute Gasteiger partial charge is 0.339 e. The summed E-state index contributed by atoms with van der Waals surface area (Å²) in [5, 5.41) is 4.95. The molecule has 0 saturated carbocycles. The Hall–Kier alpha value is -2.90. The molecule has 4 rings (SSSR count). The van der Waals surface area contributed by atoms with Crippen LogP contribution in [-0.2, 0) is 9.59 Å². The second-order valence-electron chi connectivity index (χ2n) is 8.15. The fourth-order valence-corrected chi connectivity index (χ4v) is 4.69. The van der Waals surface area contributed by atoms with Gasteiger partial charge in [-0.15, -0.1) is 0 Å². The number of hydrogen-bond donors (Lipinski definition) is 1. The number of aromatic nitrogens is 1. The lowest BCUT2D eigenvalue weighted by atomic mass is 10.1. The van der Waals surface area contributed by atoms with E-state index in [-0.39, 0.29) is 11.8 Å². The van der Waals surface area contributed by atoms with E-state index in [1.807, 2.05) is 60.4 Å². The molecule has 1 aliphatic heterocycles. The van der Waals surface area contributed by atoms with E-state index < -0.39 is 0 Å². The van der Waals surface area contributed by atoms with Gasteiger partial charge in [0.15, 0.2) is 0 Å². The number of amides is 2. The van der Waals surface area contributed by atoms with Crippen LogP contribution in [-0.4, -0.2) is 65.1 Å². The first-order chi connectivity index (χ1) is 15.5. The number of rotatable bonds is 6. The van der Waals surface area contributed by atoms with Crippen molar-refractivity contribution in [2.75, 3.05) is 43.8 Å². The van der Waals surface area contributed by atoms with E-state index in [0.29, 0.717) is 38.5 Å². The van der Waals surface area contributed by atoms with Crippen LogP contribution in [0.25, 0.3) is 10.9 Å². The molecule has 2 aromatic carbocycles. The Bertz CT molecular complexity index is 1110. The molecule has 2 amide bonds. The normalized spacial score (nSPS) is 14.5. The van der Waals surface area contributed by atoms with Crippen LogP contribution in [0.15, 0.2) is 59.6 Å². The summed E-state index contributed by atoms with van der Waals surface area (Å²) in [7, 11) is 0. The highest BCUT2D eigenvalue weighted by Gasteiger charge is 2.22. The molecule has 1 aliphatic rings. The summed E-state index contributed by atoms with van der Waals surface area (Å²) in [5.41, 5.74) is 4.10. The summed E-state index contributed by atoms with van der Waals surface area (Å²) in [6.07, 6.45) is 0. The van der Waals surface area contributed by atoms with Crippen molar-refractivity contribution in [1.82, 2.24) is 14.8 Å². The average Bonchev–Trinajstić information content (AvgIpc) is 2.79. The van der Waals surface area contributed by atoms with Crippen molar-refractivity contribution in [2.45, 2.75) is 18.9 Å². The Morgan fingerprint density at radius 3 is 2.47 bits per heavy atom. The van der Waals surface area contributed by atoms with E-state index >= 15 is 0 Å². The highest BCUT2D eigenvalue weighted by atomic mass is 32.2. The van der Waals surface area contributed by atoms with Crippen molar-refractivity contribution in [1.29, 1.82) is 0 Å². The summed E-state index contributed by atoms with van der Waals surface area (Å²) >= 11 is 1.48. The predicted molar refractivity (Wildman–Crippen MR) is 130 cm³/mol. The first-order valence-electron chi connectivity index (χ1n) is 10.8. The molecule has 166 valence electrons. The number of fused-ring (bicyclic) bond motifs is 1. The summed E-state index contributed by atoms with van der Waals surface area (Å²) in [5.74, 6) is 0.465. The average molecular weight is 449 g/mol. The van der Waals surface area contributed by atoms with Gasteiger partial charge in [0.2, 0.25) is 11.8 Å². The van der Waals surface area contributed by atoms with Crippen LogP contribution >= 0.6 is 11.8 Å². The molecule has 32 heavy (non-hydrogen) atoms. The summed E-state index contributed by atoms with van der Waals surface area (Å²) in [6.45, 7) is 7.11. The molecule has 0 unspecified atom stereocenters. The molecule has 0 aliphatic carbocycles. The maximum Gasteiger partial charge on any atom is 0.238 e. The first kappa shape index (κ1) is 22.3. The third kappa shape index (κ3) is 5.66. The Morgan fingerprint density at radius 2 is 1.72 bits per heavy atom. The molecule has 0 bridgehead atoms. The minimum Gasteiger partial charge on any atom is -0.339 e. The number of aryl methyl sites for hydroxylation is 2. The van der Waals surface area contributed by atoms with E-state index in [9.17, 15) is 9.59 Å². The zero-order chi connectivity index (χ0) is 22.5. The Labute approximate surface area is 193 Å². The topological polar surface area (TPSA) is 65.5 Å². The van der Waals surface area contributed by atoms with Crippen LogP contribution in [0.5, 0.6) is 0 Å². The maximum absolute atomic E-state index is 12.7. The van der Waals surface area contributed by atoms with Gasteiger partial charge < -0.3 is 10.2 Å². The fraction of sp³-hybridized carbons (Fsp3) is 0.320. The minimum atomic E-state index is -0.0260.